The van der Waals surface area contributed by atoms with Gasteiger partial charge in [0.25, 0.3) is 0 Å². The average Bonchev–Trinajstić information content (AvgIpc) is 3.18. The molecule has 2 aliphatic rings. The summed E-state index contributed by atoms with van der Waals surface area (Å²) in [5, 5.41) is 3.06. The minimum absolute atomic E-state index is 0.0236. The molecule has 4 aromatic rings. The summed E-state index contributed by atoms with van der Waals surface area (Å²) in [6.45, 7) is 2.00. The Morgan fingerprint density at radius 1 is 1.03 bits per heavy atom. The number of imidazole rings is 1. The normalized spacial score (nSPS) is 23.3. The number of carbonyl (C=O) groups is 1. The molecule has 2 aromatic heterocycles. The molecule has 2 fully saturated rings. The second-order valence-corrected chi connectivity index (χ2v) is 9.88. The van der Waals surface area contributed by atoms with Gasteiger partial charge in [0.05, 0.1) is 24.5 Å². The van der Waals surface area contributed by atoms with E-state index in [1.807, 2.05) is 47.9 Å². The number of nitrogens with one attached hydrogen (secondary N) is 1. The number of anilines is 1. The lowest BCUT2D eigenvalue weighted by molar-refractivity contribution is -0.120. The number of rotatable bonds is 6. The molecule has 1 amide bonds. The van der Waals surface area contributed by atoms with E-state index in [9.17, 15) is 13.6 Å². The van der Waals surface area contributed by atoms with Crippen LogP contribution in [0.4, 0.5) is 14.5 Å². The molecule has 0 aliphatic heterocycles. The summed E-state index contributed by atoms with van der Waals surface area (Å²) in [6, 6.07) is 14.1. The van der Waals surface area contributed by atoms with Crippen LogP contribution in [0.3, 0.4) is 0 Å². The highest BCUT2D eigenvalue weighted by molar-refractivity contribution is 5.93. The van der Waals surface area contributed by atoms with Gasteiger partial charge in [-0.1, -0.05) is 19.1 Å². The smallest absolute Gasteiger partial charge is 0.227 e. The lowest BCUT2D eigenvalue weighted by atomic mass is 9.96. The summed E-state index contributed by atoms with van der Waals surface area (Å²) in [7, 11) is 1.58. The second kappa shape index (κ2) is 8.69. The van der Waals surface area contributed by atoms with Gasteiger partial charge in [-0.15, -0.1) is 0 Å². The van der Waals surface area contributed by atoms with Gasteiger partial charge in [0.15, 0.2) is 11.6 Å². The Balaban J connectivity index is 1.07. The molecule has 0 radical (unpaired) electrons. The summed E-state index contributed by atoms with van der Waals surface area (Å²) in [5.74, 6) is 0.0173. The zero-order valence-corrected chi connectivity index (χ0v) is 20.0. The number of hydrogen-bond acceptors (Lipinski definition) is 4. The Labute approximate surface area is 207 Å². The monoisotopic (exact) mass is 488 g/mol. The molecule has 36 heavy (non-hydrogen) atoms. The molecule has 2 aromatic carbocycles. The Hall–Kier alpha value is -3.81. The van der Waals surface area contributed by atoms with Crippen molar-refractivity contribution >= 4 is 22.6 Å². The van der Waals surface area contributed by atoms with E-state index in [0.717, 1.165) is 35.7 Å². The first-order valence-corrected chi connectivity index (χ1v) is 12.2. The summed E-state index contributed by atoms with van der Waals surface area (Å²) in [5.41, 5.74) is 3.83. The molecule has 2 saturated carbocycles. The highest BCUT2D eigenvalue weighted by Gasteiger charge is 2.59. The van der Waals surface area contributed by atoms with Crippen LogP contribution >= 0.6 is 0 Å². The SMILES string of the molecule is COc1ccc(-c2ccc(NC(=O)[C@@H](C)[C@H]3[C@@H]4C[C@@H](n5cnc6cc(F)c(F)cc65)C[C@@H]43)cc2)cn1. The van der Waals surface area contributed by atoms with Gasteiger partial charge in [0.1, 0.15) is 0 Å². The maximum absolute atomic E-state index is 13.8. The zero-order valence-electron chi connectivity index (χ0n) is 20.0. The van der Waals surface area contributed by atoms with Gasteiger partial charge in [-0.3, -0.25) is 4.79 Å². The van der Waals surface area contributed by atoms with Gasteiger partial charge < -0.3 is 14.6 Å². The van der Waals surface area contributed by atoms with Crippen LogP contribution in [0.5, 0.6) is 5.88 Å². The Kier molecular flexibility index (Phi) is 5.47. The van der Waals surface area contributed by atoms with E-state index < -0.39 is 11.6 Å². The molecule has 8 heteroatoms. The van der Waals surface area contributed by atoms with Crippen LogP contribution in [0.2, 0.25) is 0 Å². The number of nitrogens with zero attached hydrogens (tertiary/aromatic N) is 3. The quantitative estimate of drug-likeness (QED) is 0.369. The molecule has 6 rings (SSSR count). The van der Waals surface area contributed by atoms with Crippen molar-refractivity contribution in [3.05, 3.63) is 72.7 Å². The van der Waals surface area contributed by atoms with Gasteiger partial charge >= 0.3 is 0 Å². The van der Waals surface area contributed by atoms with E-state index >= 15 is 0 Å². The standard InChI is InChI=1S/C28H26F2N4O2/c1-15(28(35)33-18-6-3-16(4-7-18)17-5-8-26(36-2)31-13-17)27-20-9-19(10-21(20)27)34-14-32-24-11-22(29)23(30)12-25(24)34/h3-8,11-15,19-21,27H,9-10H2,1-2H3,(H,33,35)/t15-,19-,20-,21+,27+/m0/s1. The van der Waals surface area contributed by atoms with Crippen molar-refractivity contribution in [1.82, 2.24) is 14.5 Å². The van der Waals surface area contributed by atoms with Crippen molar-refractivity contribution in [3.8, 4) is 17.0 Å². The van der Waals surface area contributed by atoms with Crippen LogP contribution < -0.4 is 10.1 Å². The lowest BCUT2D eigenvalue weighted by Gasteiger charge is -2.20. The van der Waals surface area contributed by atoms with Gasteiger partial charge in [0, 0.05) is 47.6 Å². The molecular weight excluding hydrogens is 462 g/mol. The summed E-state index contributed by atoms with van der Waals surface area (Å²) in [6.07, 6.45) is 5.27. The highest BCUT2D eigenvalue weighted by Crippen LogP contribution is 2.64. The number of halogens is 2. The first-order valence-electron chi connectivity index (χ1n) is 12.2. The Morgan fingerprint density at radius 2 is 1.72 bits per heavy atom. The number of hydrogen-bond donors (Lipinski definition) is 1. The number of fused-ring (bicyclic) bond motifs is 2. The van der Waals surface area contributed by atoms with E-state index in [-0.39, 0.29) is 17.9 Å². The lowest BCUT2D eigenvalue weighted by Crippen LogP contribution is -2.24. The van der Waals surface area contributed by atoms with Gasteiger partial charge in [-0.05, 0) is 54.4 Å². The molecule has 0 saturated heterocycles. The number of methoxy groups -OCH3 is 1. The average molecular weight is 489 g/mol. The van der Waals surface area contributed by atoms with Crippen LogP contribution in [0, 0.1) is 35.3 Å². The van der Waals surface area contributed by atoms with E-state index in [0.29, 0.717) is 34.7 Å². The van der Waals surface area contributed by atoms with Crippen molar-refractivity contribution in [3.63, 3.8) is 0 Å². The highest BCUT2D eigenvalue weighted by atomic mass is 19.2. The fourth-order valence-electron chi connectivity index (χ4n) is 5.99. The van der Waals surface area contributed by atoms with E-state index in [4.69, 9.17) is 4.74 Å². The van der Waals surface area contributed by atoms with Crippen molar-refractivity contribution in [2.24, 2.45) is 23.7 Å². The minimum Gasteiger partial charge on any atom is -0.481 e. The third-order valence-electron chi connectivity index (χ3n) is 7.92. The maximum Gasteiger partial charge on any atom is 0.227 e. The summed E-state index contributed by atoms with van der Waals surface area (Å²) in [4.78, 5) is 21.5. The zero-order chi connectivity index (χ0) is 25.0. The van der Waals surface area contributed by atoms with Crippen molar-refractivity contribution in [2.75, 3.05) is 12.4 Å². The molecule has 0 unspecified atom stereocenters. The van der Waals surface area contributed by atoms with Crippen molar-refractivity contribution in [1.29, 1.82) is 0 Å². The van der Waals surface area contributed by atoms with Crippen LogP contribution in [-0.4, -0.2) is 27.6 Å². The van der Waals surface area contributed by atoms with Crippen LogP contribution in [-0.2, 0) is 4.79 Å². The second-order valence-electron chi connectivity index (χ2n) is 9.88. The van der Waals surface area contributed by atoms with Crippen LogP contribution in [0.1, 0.15) is 25.8 Å². The first-order chi connectivity index (χ1) is 17.4. The van der Waals surface area contributed by atoms with Gasteiger partial charge in [0.2, 0.25) is 11.8 Å². The molecule has 1 N–H and O–H groups in total. The summed E-state index contributed by atoms with van der Waals surface area (Å²) >= 11 is 0. The molecule has 5 atom stereocenters. The van der Waals surface area contributed by atoms with Crippen LogP contribution in [0.15, 0.2) is 61.1 Å². The van der Waals surface area contributed by atoms with E-state index in [1.54, 1.807) is 19.6 Å². The number of ether oxygens (including phenoxy) is 1. The van der Waals surface area contributed by atoms with Gasteiger partial charge in [-0.25, -0.2) is 18.7 Å². The Morgan fingerprint density at radius 3 is 2.39 bits per heavy atom. The molecule has 6 nitrogen and oxygen atoms in total. The third kappa shape index (κ3) is 3.90. The topological polar surface area (TPSA) is 69.0 Å². The maximum atomic E-state index is 13.8. The number of pyridine rings is 1. The van der Waals surface area contributed by atoms with E-state index in [1.165, 1.54) is 6.07 Å². The van der Waals surface area contributed by atoms with Gasteiger partial charge in [-0.2, -0.15) is 0 Å². The number of amides is 1. The molecule has 184 valence electrons. The first kappa shape index (κ1) is 22.6. The van der Waals surface area contributed by atoms with Crippen molar-refractivity contribution in [2.45, 2.75) is 25.8 Å². The third-order valence-corrected chi connectivity index (χ3v) is 7.92. The molecule has 2 aliphatic carbocycles. The number of aromatic nitrogens is 3. The molecule has 0 bridgehead atoms. The number of benzene rings is 2. The molecule has 2 heterocycles. The number of carbonyl (C=O) groups excluding carboxylic acids is 1. The largest absolute Gasteiger partial charge is 0.481 e. The minimum atomic E-state index is -0.880. The van der Waals surface area contributed by atoms with Crippen molar-refractivity contribution < 1.29 is 18.3 Å². The fraction of sp³-hybridized carbons (Fsp3) is 0.321. The summed E-state index contributed by atoms with van der Waals surface area (Å²) < 4.78 is 34.4. The predicted molar refractivity (Wildman–Crippen MR) is 132 cm³/mol. The fourth-order valence-corrected chi connectivity index (χ4v) is 5.99. The molecule has 0 spiro atoms. The van der Waals surface area contributed by atoms with E-state index in [2.05, 4.69) is 15.3 Å². The Bertz CT molecular complexity index is 1420. The molecular formula is C28H26F2N4O2. The van der Waals surface area contributed by atoms with Crippen LogP contribution in [0.25, 0.3) is 22.2 Å². The predicted octanol–water partition coefficient (Wildman–Crippen LogP) is 5.86.